The molecule has 10 heteroatoms. The molecule has 1 fully saturated rings. The molecule has 37 heavy (non-hydrogen) atoms. The molecule has 0 unspecified atom stereocenters. The fourth-order valence-electron chi connectivity index (χ4n) is 4.36. The molecule has 1 atom stereocenters. The number of fused-ring (bicyclic) bond motifs is 1. The van der Waals surface area contributed by atoms with E-state index in [0.717, 1.165) is 25.3 Å². The highest BCUT2D eigenvalue weighted by atomic mass is 19.3. The Labute approximate surface area is 214 Å². The van der Waals surface area contributed by atoms with E-state index in [9.17, 15) is 18.0 Å². The first-order valence-corrected chi connectivity index (χ1v) is 12.3. The third-order valence-electron chi connectivity index (χ3n) is 6.72. The van der Waals surface area contributed by atoms with Crippen molar-refractivity contribution in [2.45, 2.75) is 45.6 Å². The van der Waals surface area contributed by atoms with Crippen molar-refractivity contribution in [1.82, 2.24) is 14.9 Å². The van der Waals surface area contributed by atoms with Gasteiger partial charge in [-0.1, -0.05) is 24.6 Å². The van der Waals surface area contributed by atoms with E-state index in [4.69, 9.17) is 9.47 Å². The number of halogens is 3. The fraction of sp³-hybridized carbons (Fsp3) is 0.444. The number of likely N-dealkylation sites (N-methyl/N-ethyl adjacent to an activating group) is 1. The lowest BCUT2D eigenvalue weighted by molar-refractivity contribution is -0.137. The number of carbonyl (C=O) groups is 1. The summed E-state index contributed by atoms with van der Waals surface area (Å²) in [6.07, 6.45) is 0.0546. The maximum absolute atomic E-state index is 14.8. The molecule has 1 N–H and O–H groups in total. The van der Waals surface area contributed by atoms with Gasteiger partial charge in [-0.3, -0.25) is 4.79 Å². The van der Waals surface area contributed by atoms with Crippen LogP contribution >= 0.6 is 0 Å². The first-order valence-electron chi connectivity index (χ1n) is 12.3. The Bertz CT molecular complexity index is 1280. The minimum Gasteiger partial charge on any atom is -0.493 e. The summed E-state index contributed by atoms with van der Waals surface area (Å²) in [5.41, 5.74) is 0.0351. The molecule has 0 spiro atoms. The number of ether oxygens (including phenoxy) is 2. The van der Waals surface area contributed by atoms with Gasteiger partial charge in [0.05, 0.1) is 30.8 Å². The van der Waals surface area contributed by atoms with Crippen molar-refractivity contribution in [1.29, 1.82) is 0 Å². The lowest BCUT2D eigenvalue weighted by Gasteiger charge is -2.29. The van der Waals surface area contributed by atoms with Gasteiger partial charge in [0.2, 0.25) is 5.91 Å². The number of aryl methyl sites for hydroxylation is 1. The van der Waals surface area contributed by atoms with Crippen molar-refractivity contribution in [3.63, 3.8) is 0 Å². The van der Waals surface area contributed by atoms with E-state index < -0.39 is 23.8 Å². The van der Waals surface area contributed by atoms with Crippen LogP contribution in [0.4, 0.5) is 19.0 Å². The molecule has 0 saturated heterocycles. The van der Waals surface area contributed by atoms with E-state index in [0.29, 0.717) is 40.6 Å². The van der Waals surface area contributed by atoms with Gasteiger partial charge in [-0.2, -0.15) is 0 Å². The van der Waals surface area contributed by atoms with Crippen LogP contribution in [0.1, 0.15) is 55.6 Å². The highest BCUT2D eigenvalue weighted by molar-refractivity contribution is 5.92. The highest BCUT2D eigenvalue weighted by Crippen LogP contribution is 2.36. The summed E-state index contributed by atoms with van der Waals surface area (Å²) in [5.74, 6) is 1.08. The molecule has 1 amide bonds. The van der Waals surface area contributed by atoms with Gasteiger partial charge in [0.25, 0.3) is 6.43 Å². The molecule has 3 aromatic rings. The van der Waals surface area contributed by atoms with Crippen LogP contribution in [0.3, 0.4) is 0 Å². The van der Waals surface area contributed by atoms with Crippen molar-refractivity contribution >= 4 is 22.6 Å². The van der Waals surface area contributed by atoms with Crippen LogP contribution in [-0.4, -0.2) is 48.1 Å². The van der Waals surface area contributed by atoms with Crippen LogP contribution in [0.15, 0.2) is 30.3 Å². The molecule has 0 radical (unpaired) electrons. The molecular weight excluding hydrogens is 485 g/mol. The zero-order chi connectivity index (χ0) is 26.7. The summed E-state index contributed by atoms with van der Waals surface area (Å²) < 4.78 is 52.6. The van der Waals surface area contributed by atoms with Gasteiger partial charge in [0, 0.05) is 30.0 Å². The zero-order valence-electron chi connectivity index (χ0n) is 21.4. The Kier molecular flexibility index (Phi) is 8.04. The highest BCUT2D eigenvalue weighted by Gasteiger charge is 2.27. The Morgan fingerprint density at radius 2 is 1.92 bits per heavy atom. The first kappa shape index (κ1) is 26.5. The van der Waals surface area contributed by atoms with Crippen LogP contribution in [0, 0.1) is 18.7 Å². The number of hydrogen-bond acceptors (Lipinski definition) is 6. The molecule has 7 nitrogen and oxygen atoms in total. The van der Waals surface area contributed by atoms with Crippen molar-refractivity contribution < 1.29 is 27.4 Å². The van der Waals surface area contributed by atoms with E-state index in [1.165, 1.54) is 19.2 Å². The quantitative estimate of drug-likeness (QED) is 0.365. The number of carbonyl (C=O) groups excluding carboxylic acids is 1. The Morgan fingerprint density at radius 1 is 1.19 bits per heavy atom. The molecule has 1 aromatic heterocycles. The number of nitrogens with zero attached hydrogens (tertiary/aromatic N) is 3. The number of methoxy groups -OCH3 is 1. The van der Waals surface area contributed by atoms with Crippen LogP contribution in [0.5, 0.6) is 11.5 Å². The van der Waals surface area contributed by atoms with Crippen LogP contribution in [0.2, 0.25) is 0 Å². The molecular formula is C27H31F3N4O3. The summed E-state index contributed by atoms with van der Waals surface area (Å²) in [7, 11) is 3.29. The normalized spacial score (nSPS) is 14.4. The number of rotatable bonds is 10. The maximum atomic E-state index is 14.8. The van der Waals surface area contributed by atoms with E-state index in [-0.39, 0.29) is 24.0 Å². The third kappa shape index (κ3) is 5.73. The van der Waals surface area contributed by atoms with Crippen LogP contribution in [-0.2, 0) is 4.79 Å². The van der Waals surface area contributed by atoms with Crippen molar-refractivity contribution in [2.75, 3.05) is 32.6 Å². The summed E-state index contributed by atoms with van der Waals surface area (Å²) in [6.45, 7) is 4.07. The predicted molar refractivity (Wildman–Crippen MR) is 135 cm³/mol. The standard InChI is InChI=1S/C27H31F3N4O3/c1-15(18-9-6-10-19(24(18)28)25(29)30)31-26-20-13-23(22(36-4)14-21(20)32-16(2)33-26)37-12-11-34(3)27(35)17-7-5-8-17/h6,9-10,13-15,17,25H,5,7-8,11-12H2,1-4H3,(H,31,32,33)/t15-/m1/s1. The minimum absolute atomic E-state index is 0.103. The molecule has 198 valence electrons. The number of benzene rings is 2. The zero-order valence-corrected chi connectivity index (χ0v) is 21.4. The largest absolute Gasteiger partial charge is 0.493 e. The number of hydrogen-bond donors (Lipinski definition) is 1. The SMILES string of the molecule is COc1cc2nc(C)nc(N[C@H](C)c3cccc(C(F)F)c3F)c2cc1OCCN(C)C(=O)C1CCC1. The average molecular weight is 517 g/mol. The number of anilines is 1. The topological polar surface area (TPSA) is 76.6 Å². The van der Waals surface area contributed by atoms with Gasteiger partial charge in [0.1, 0.15) is 24.1 Å². The minimum atomic E-state index is -2.91. The molecule has 2 aromatic carbocycles. The molecule has 4 rings (SSSR count). The van der Waals surface area contributed by atoms with Gasteiger partial charge in [-0.05, 0) is 32.8 Å². The predicted octanol–water partition coefficient (Wildman–Crippen LogP) is 5.83. The average Bonchev–Trinajstić information content (AvgIpc) is 2.82. The van der Waals surface area contributed by atoms with Gasteiger partial charge in [-0.25, -0.2) is 23.1 Å². The second-order valence-corrected chi connectivity index (χ2v) is 9.29. The van der Waals surface area contributed by atoms with Crippen LogP contribution < -0.4 is 14.8 Å². The van der Waals surface area contributed by atoms with Crippen molar-refractivity contribution in [3.8, 4) is 11.5 Å². The molecule has 1 aliphatic carbocycles. The van der Waals surface area contributed by atoms with Crippen molar-refractivity contribution in [2.24, 2.45) is 5.92 Å². The summed E-state index contributed by atoms with van der Waals surface area (Å²) in [6, 6.07) is 6.74. The summed E-state index contributed by atoms with van der Waals surface area (Å²) >= 11 is 0. The number of alkyl halides is 2. The number of aromatic nitrogens is 2. The lowest BCUT2D eigenvalue weighted by atomic mass is 9.84. The molecule has 0 aliphatic heterocycles. The van der Waals surface area contributed by atoms with E-state index in [1.54, 1.807) is 37.9 Å². The van der Waals surface area contributed by atoms with Gasteiger partial charge >= 0.3 is 0 Å². The van der Waals surface area contributed by atoms with E-state index in [2.05, 4.69) is 15.3 Å². The second-order valence-electron chi connectivity index (χ2n) is 9.29. The third-order valence-corrected chi connectivity index (χ3v) is 6.72. The Balaban J connectivity index is 1.58. The first-order chi connectivity index (χ1) is 17.7. The number of nitrogens with one attached hydrogen (secondary N) is 1. The monoisotopic (exact) mass is 516 g/mol. The lowest BCUT2D eigenvalue weighted by Crippen LogP contribution is -2.38. The maximum Gasteiger partial charge on any atom is 0.266 e. The smallest absolute Gasteiger partial charge is 0.266 e. The van der Waals surface area contributed by atoms with E-state index >= 15 is 0 Å². The fourth-order valence-corrected chi connectivity index (χ4v) is 4.36. The van der Waals surface area contributed by atoms with Gasteiger partial charge < -0.3 is 19.7 Å². The number of amides is 1. The van der Waals surface area contributed by atoms with Gasteiger partial charge in [0.15, 0.2) is 11.5 Å². The van der Waals surface area contributed by atoms with Crippen LogP contribution in [0.25, 0.3) is 10.9 Å². The molecule has 1 saturated carbocycles. The summed E-state index contributed by atoms with van der Waals surface area (Å²) in [4.78, 5) is 23.0. The Hall–Kier alpha value is -3.56. The van der Waals surface area contributed by atoms with Crippen molar-refractivity contribution in [3.05, 3.63) is 53.1 Å². The summed E-state index contributed by atoms with van der Waals surface area (Å²) in [5, 5.41) is 3.74. The molecule has 0 bridgehead atoms. The van der Waals surface area contributed by atoms with E-state index in [1.807, 2.05) is 0 Å². The second kappa shape index (κ2) is 11.2. The molecule has 1 aliphatic rings. The molecule has 1 heterocycles. The Morgan fingerprint density at radius 3 is 2.57 bits per heavy atom. The van der Waals surface area contributed by atoms with Gasteiger partial charge in [-0.15, -0.1) is 0 Å².